The summed E-state index contributed by atoms with van der Waals surface area (Å²) in [4.78, 5) is 9.16. The standard InChI is InChI=1S/C15H19BrClN3/c1-10-4-2-3-5-11(10)9-20-14(7-17)19-13-6-12(16)8-18-15(13)20/h6,8,10-11H,2-5,7,9H2,1H3. The summed E-state index contributed by atoms with van der Waals surface area (Å²) in [5.74, 6) is 2.87. The normalized spacial score (nSPS) is 23.4. The molecule has 3 nitrogen and oxygen atoms in total. The number of aromatic nitrogens is 3. The summed E-state index contributed by atoms with van der Waals surface area (Å²) in [5.41, 5.74) is 1.89. The molecule has 0 spiro atoms. The van der Waals surface area contributed by atoms with Crippen LogP contribution in [0, 0.1) is 11.8 Å². The minimum absolute atomic E-state index is 0.440. The largest absolute Gasteiger partial charge is 0.311 e. The molecule has 1 saturated carbocycles. The van der Waals surface area contributed by atoms with Gasteiger partial charge in [0, 0.05) is 17.2 Å². The van der Waals surface area contributed by atoms with Gasteiger partial charge >= 0.3 is 0 Å². The molecule has 108 valence electrons. The monoisotopic (exact) mass is 355 g/mol. The van der Waals surface area contributed by atoms with Crippen LogP contribution in [0.3, 0.4) is 0 Å². The van der Waals surface area contributed by atoms with Crippen LogP contribution in [0.15, 0.2) is 16.7 Å². The Morgan fingerprint density at radius 3 is 2.95 bits per heavy atom. The van der Waals surface area contributed by atoms with Crippen molar-refractivity contribution in [2.45, 2.75) is 45.0 Å². The highest BCUT2D eigenvalue weighted by atomic mass is 79.9. The number of alkyl halides is 1. The van der Waals surface area contributed by atoms with E-state index in [2.05, 4.69) is 37.4 Å². The molecule has 1 aliphatic carbocycles. The summed E-state index contributed by atoms with van der Waals surface area (Å²) in [6.45, 7) is 3.36. The van der Waals surface area contributed by atoms with Crippen LogP contribution in [0.1, 0.15) is 38.4 Å². The average molecular weight is 357 g/mol. The van der Waals surface area contributed by atoms with E-state index in [0.717, 1.165) is 33.9 Å². The van der Waals surface area contributed by atoms with Gasteiger partial charge in [-0.15, -0.1) is 11.6 Å². The molecule has 1 fully saturated rings. The number of rotatable bonds is 3. The molecule has 0 aromatic carbocycles. The first-order chi connectivity index (χ1) is 9.69. The molecule has 0 bridgehead atoms. The van der Waals surface area contributed by atoms with Crippen LogP contribution in [-0.4, -0.2) is 14.5 Å². The summed E-state index contributed by atoms with van der Waals surface area (Å²) in [5, 5.41) is 0. The van der Waals surface area contributed by atoms with E-state index in [0.29, 0.717) is 11.8 Å². The fraction of sp³-hybridized carbons (Fsp3) is 0.600. The number of hydrogen-bond acceptors (Lipinski definition) is 2. The third kappa shape index (κ3) is 2.73. The molecular formula is C15H19BrClN3. The van der Waals surface area contributed by atoms with Crippen molar-refractivity contribution in [3.05, 3.63) is 22.6 Å². The number of imidazole rings is 1. The molecule has 3 rings (SSSR count). The highest BCUT2D eigenvalue weighted by Gasteiger charge is 2.23. The molecular weight excluding hydrogens is 338 g/mol. The topological polar surface area (TPSA) is 30.7 Å². The number of pyridine rings is 1. The number of fused-ring (bicyclic) bond motifs is 1. The zero-order chi connectivity index (χ0) is 14.1. The van der Waals surface area contributed by atoms with E-state index in [1.165, 1.54) is 25.7 Å². The predicted molar refractivity (Wildman–Crippen MR) is 85.9 cm³/mol. The van der Waals surface area contributed by atoms with E-state index in [1.807, 2.05) is 12.3 Å². The molecule has 0 N–H and O–H groups in total. The average Bonchev–Trinajstić information content (AvgIpc) is 2.78. The molecule has 0 saturated heterocycles. The second-order valence-corrected chi connectivity index (χ2v) is 6.97. The van der Waals surface area contributed by atoms with Crippen molar-refractivity contribution in [3.63, 3.8) is 0 Å². The molecule has 2 heterocycles. The second kappa shape index (κ2) is 6.02. The maximum Gasteiger partial charge on any atom is 0.160 e. The molecule has 0 amide bonds. The first-order valence-electron chi connectivity index (χ1n) is 7.25. The van der Waals surface area contributed by atoms with Gasteiger partial charge in [0.15, 0.2) is 5.65 Å². The van der Waals surface area contributed by atoms with E-state index >= 15 is 0 Å². The summed E-state index contributed by atoms with van der Waals surface area (Å²) >= 11 is 9.53. The van der Waals surface area contributed by atoms with Gasteiger partial charge in [0.1, 0.15) is 11.3 Å². The van der Waals surface area contributed by atoms with Crippen LogP contribution in [0.5, 0.6) is 0 Å². The molecule has 2 atom stereocenters. The van der Waals surface area contributed by atoms with E-state index in [1.54, 1.807) is 0 Å². The molecule has 0 aliphatic heterocycles. The molecule has 2 aromatic rings. The van der Waals surface area contributed by atoms with Crippen LogP contribution >= 0.6 is 27.5 Å². The van der Waals surface area contributed by atoms with Crippen LogP contribution in [0.25, 0.3) is 11.2 Å². The Balaban J connectivity index is 1.96. The lowest BCUT2D eigenvalue weighted by Crippen LogP contribution is -2.22. The molecule has 0 radical (unpaired) electrons. The van der Waals surface area contributed by atoms with Gasteiger partial charge in [-0.05, 0) is 40.3 Å². The van der Waals surface area contributed by atoms with Crippen molar-refractivity contribution >= 4 is 38.7 Å². The van der Waals surface area contributed by atoms with Gasteiger partial charge in [-0.3, -0.25) is 0 Å². The Morgan fingerprint density at radius 1 is 1.40 bits per heavy atom. The third-order valence-electron chi connectivity index (χ3n) is 4.46. The summed E-state index contributed by atoms with van der Waals surface area (Å²) in [7, 11) is 0. The first kappa shape index (κ1) is 14.3. The van der Waals surface area contributed by atoms with Crippen molar-refractivity contribution in [2.75, 3.05) is 0 Å². The summed E-state index contributed by atoms with van der Waals surface area (Å²) in [6, 6.07) is 2.01. The lowest BCUT2D eigenvalue weighted by Gasteiger charge is -2.29. The van der Waals surface area contributed by atoms with Gasteiger partial charge in [-0.25, -0.2) is 9.97 Å². The lowest BCUT2D eigenvalue weighted by molar-refractivity contribution is 0.229. The minimum atomic E-state index is 0.440. The summed E-state index contributed by atoms with van der Waals surface area (Å²) < 4.78 is 3.18. The smallest absolute Gasteiger partial charge is 0.160 e. The van der Waals surface area contributed by atoms with Gasteiger partial charge in [0.05, 0.1) is 5.88 Å². The van der Waals surface area contributed by atoms with Crippen LogP contribution in [0.2, 0.25) is 0 Å². The van der Waals surface area contributed by atoms with Gasteiger partial charge in [0.2, 0.25) is 0 Å². The molecule has 20 heavy (non-hydrogen) atoms. The van der Waals surface area contributed by atoms with Crippen molar-refractivity contribution in [1.29, 1.82) is 0 Å². The van der Waals surface area contributed by atoms with Gasteiger partial charge < -0.3 is 4.57 Å². The molecule has 2 aromatic heterocycles. The predicted octanol–water partition coefficient (Wildman–Crippen LogP) is 4.76. The Morgan fingerprint density at radius 2 is 2.20 bits per heavy atom. The Bertz CT molecular complexity index is 610. The van der Waals surface area contributed by atoms with Crippen molar-refractivity contribution in [2.24, 2.45) is 11.8 Å². The zero-order valence-corrected chi connectivity index (χ0v) is 14.0. The second-order valence-electron chi connectivity index (χ2n) is 5.79. The fourth-order valence-electron chi connectivity index (χ4n) is 3.23. The van der Waals surface area contributed by atoms with E-state index < -0.39 is 0 Å². The van der Waals surface area contributed by atoms with Crippen molar-refractivity contribution < 1.29 is 0 Å². The molecule has 5 heteroatoms. The zero-order valence-electron chi connectivity index (χ0n) is 11.6. The summed E-state index contributed by atoms with van der Waals surface area (Å²) in [6.07, 6.45) is 7.20. The third-order valence-corrected chi connectivity index (χ3v) is 5.13. The quantitative estimate of drug-likeness (QED) is 0.742. The van der Waals surface area contributed by atoms with Crippen molar-refractivity contribution in [1.82, 2.24) is 14.5 Å². The number of halogens is 2. The first-order valence-corrected chi connectivity index (χ1v) is 8.58. The lowest BCUT2D eigenvalue weighted by atomic mass is 9.80. The van der Waals surface area contributed by atoms with Crippen LogP contribution in [0.4, 0.5) is 0 Å². The Hall–Kier alpha value is -0.610. The minimum Gasteiger partial charge on any atom is -0.311 e. The van der Waals surface area contributed by atoms with E-state index in [-0.39, 0.29) is 0 Å². The number of nitrogens with zero attached hydrogens (tertiary/aromatic N) is 3. The van der Waals surface area contributed by atoms with E-state index in [9.17, 15) is 0 Å². The molecule has 2 unspecified atom stereocenters. The van der Waals surface area contributed by atoms with Crippen LogP contribution < -0.4 is 0 Å². The van der Waals surface area contributed by atoms with Gasteiger partial charge in [-0.1, -0.05) is 26.2 Å². The highest BCUT2D eigenvalue weighted by Crippen LogP contribution is 2.32. The number of hydrogen-bond donors (Lipinski definition) is 0. The molecule has 1 aliphatic rings. The van der Waals surface area contributed by atoms with Gasteiger partial charge in [0.25, 0.3) is 0 Å². The Labute approximate surface area is 132 Å². The fourth-order valence-corrected chi connectivity index (χ4v) is 3.75. The maximum atomic E-state index is 6.07. The van der Waals surface area contributed by atoms with Gasteiger partial charge in [-0.2, -0.15) is 0 Å². The van der Waals surface area contributed by atoms with Crippen molar-refractivity contribution in [3.8, 4) is 0 Å². The maximum absolute atomic E-state index is 6.07. The Kier molecular flexibility index (Phi) is 4.32. The highest BCUT2D eigenvalue weighted by molar-refractivity contribution is 9.10. The SMILES string of the molecule is CC1CCCCC1Cn1c(CCl)nc2cc(Br)cnc21. The van der Waals surface area contributed by atoms with E-state index in [4.69, 9.17) is 11.6 Å². The van der Waals surface area contributed by atoms with Crippen LogP contribution in [-0.2, 0) is 12.4 Å².